The van der Waals surface area contributed by atoms with E-state index < -0.39 is 23.5 Å². The van der Waals surface area contributed by atoms with Gasteiger partial charge < -0.3 is 52.3 Å². The van der Waals surface area contributed by atoms with Gasteiger partial charge in [0.2, 0.25) is 0 Å². The Hall–Kier alpha value is -6.00. The largest absolute Gasteiger partial charge is 0.490 e. The van der Waals surface area contributed by atoms with Crippen LogP contribution in [-0.2, 0) is 62.7 Å². The van der Waals surface area contributed by atoms with Crippen molar-refractivity contribution in [1.82, 2.24) is 0 Å². The van der Waals surface area contributed by atoms with Gasteiger partial charge in [-0.15, -0.1) is 0 Å². The highest BCUT2D eigenvalue weighted by Gasteiger charge is 2.38. The van der Waals surface area contributed by atoms with Crippen molar-refractivity contribution >= 4 is 46.4 Å². The highest BCUT2D eigenvalue weighted by molar-refractivity contribution is 6.02. The van der Waals surface area contributed by atoms with Crippen LogP contribution in [0.2, 0.25) is 0 Å². The van der Waals surface area contributed by atoms with E-state index in [0.717, 1.165) is 46.6 Å². The highest BCUT2D eigenvalue weighted by atomic mass is 16.6. The number of nitrogens with zero attached hydrogens (tertiary/aromatic N) is 1. The highest BCUT2D eigenvalue weighted by Crippen LogP contribution is 2.47. The maximum atomic E-state index is 12.3. The number of carbonyl (C=O) groups is 4. The molecule has 2 aliphatic rings. The van der Waals surface area contributed by atoms with Crippen molar-refractivity contribution in [3.05, 3.63) is 108 Å². The minimum atomic E-state index is -0.901. The monoisotopic (exact) mass is 897 g/mol. The zero-order chi connectivity index (χ0) is 45.5. The first-order chi connectivity index (χ1) is 31.9. The van der Waals surface area contributed by atoms with Gasteiger partial charge in [0.15, 0.2) is 5.60 Å². The van der Waals surface area contributed by atoms with E-state index in [1.165, 1.54) is 5.39 Å². The molecule has 0 saturated carbocycles. The second-order valence-corrected chi connectivity index (χ2v) is 15.2. The molecule has 0 aliphatic carbocycles. The van der Waals surface area contributed by atoms with E-state index in [-0.39, 0.29) is 77.9 Å². The fourth-order valence-electron chi connectivity index (χ4n) is 7.38. The molecule has 0 aromatic heterocycles. The second-order valence-electron chi connectivity index (χ2n) is 15.2. The number of anilines is 1. The third-order valence-corrected chi connectivity index (χ3v) is 10.7. The van der Waals surface area contributed by atoms with E-state index in [0.29, 0.717) is 51.6 Å². The number of hydrogen-bond acceptors (Lipinski definition) is 15. The zero-order valence-corrected chi connectivity index (χ0v) is 37.0. The number of methoxy groups -OCH3 is 1. The molecule has 0 amide bonds. The van der Waals surface area contributed by atoms with E-state index >= 15 is 0 Å². The number of benzene rings is 4. The van der Waals surface area contributed by atoms with Crippen molar-refractivity contribution in [3.63, 3.8) is 0 Å². The summed E-state index contributed by atoms with van der Waals surface area (Å²) in [5.74, 6) is -0.451. The Labute approximate surface area is 379 Å². The molecule has 1 saturated heterocycles. The van der Waals surface area contributed by atoms with Gasteiger partial charge in [-0.3, -0.25) is 19.2 Å². The summed E-state index contributed by atoms with van der Waals surface area (Å²) in [6.45, 7) is 4.76. The van der Waals surface area contributed by atoms with Crippen LogP contribution >= 0.6 is 0 Å². The molecule has 4 aromatic rings. The van der Waals surface area contributed by atoms with E-state index in [4.69, 9.17) is 47.4 Å². The Morgan fingerprint density at radius 3 is 1.71 bits per heavy atom. The smallest absolute Gasteiger partial charge is 0.306 e. The summed E-state index contributed by atoms with van der Waals surface area (Å²) in [6, 6.07) is 28.5. The SMILES string of the molecule is COCCOCCOC(=O)CCCCC(=O)OCCOCCOC(=O)CCC(=O)OCCOc1ccc(C2(c3ccccc3)C=Cc3c(cc(N4CCOCC4)c4ccccc34)O2)cc1. The van der Waals surface area contributed by atoms with Crippen molar-refractivity contribution in [2.75, 3.05) is 104 Å². The average Bonchev–Trinajstić information content (AvgIpc) is 3.34. The molecule has 2 aliphatic heterocycles. The number of morpholine rings is 1. The first-order valence-electron chi connectivity index (χ1n) is 22.2. The molecule has 15 nitrogen and oxygen atoms in total. The summed E-state index contributed by atoms with van der Waals surface area (Å²) < 4.78 is 54.7. The van der Waals surface area contributed by atoms with Crippen molar-refractivity contribution in [2.24, 2.45) is 0 Å². The molecule has 1 unspecified atom stereocenters. The molecule has 6 rings (SSSR count). The lowest BCUT2D eigenvalue weighted by atomic mass is 9.83. The summed E-state index contributed by atoms with van der Waals surface area (Å²) in [6.07, 6.45) is 5.36. The van der Waals surface area contributed by atoms with Gasteiger partial charge in [-0.05, 0) is 42.5 Å². The van der Waals surface area contributed by atoms with Crippen LogP contribution in [0, 0.1) is 0 Å². The summed E-state index contributed by atoms with van der Waals surface area (Å²) in [5.41, 5.74) is 3.16. The van der Waals surface area contributed by atoms with Gasteiger partial charge in [0.05, 0.1) is 59.1 Å². The van der Waals surface area contributed by atoms with Gasteiger partial charge in [-0.25, -0.2) is 0 Å². The molecule has 15 heteroatoms. The number of carbonyl (C=O) groups excluding carboxylic acids is 4. The molecule has 0 N–H and O–H groups in total. The van der Waals surface area contributed by atoms with Gasteiger partial charge in [0.1, 0.15) is 44.5 Å². The predicted octanol–water partition coefficient (Wildman–Crippen LogP) is 6.60. The van der Waals surface area contributed by atoms with E-state index in [1.807, 2.05) is 42.5 Å². The maximum Gasteiger partial charge on any atom is 0.306 e. The lowest BCUT2D eigenvalue weighted by Crippen LogP contribution is -2.37. The molecule has 2 heterocycles. The lowest BCUT2D eigenvalue weighted by Gasteiger charge is -2.38. The number of esters is 4. The van der Waals surface area contributed by atoms with Crippen LogP contribution in [0.3, 0.4) is 0 Å². The molecular weight excluding hydrogens is 839 g/mol. The van der Waals surface area contributed by atoms with E-state index in [1.54, 1.807) is 7.11 Å². The topological polar surface area (TPSA) is 164 Å². The van der Waals surface area contributed by atoms with Crippen molar-refractivity contribution in [2.45, 2.75) is 44.1 Å². The van der Waals surface area contributed by atoms with Crippen molar-refractivity contribution in [3.8, 4) is 11.5 Å². The molecule has 65 heavy (non-hydrogen) atoms. The number of hydrogen-bond donors (Lipinski definition) is 0. The Morgan fingerprint density at radius 1 is 0.585 bits per heavy atom. The molecule has 1 fully saturated rings. The molecule has 1 atom stereocenters. The molecular formula is C50H59NO14. The van der Waals surface area contributed by atoms with Crippen LogP contribution in [0.15, 0.2) is 91.0 Å². The minimum absolute atomic E-state index is 0.00517. The predicted molar refractivity (Wildman–Crippen MR) is 241 cm³/mol. The van der Waals surface area contributed by atoms with E-state index in [9.17, 15) is 19.2 Å². The first-order valence-corrected chi connectivity index (χ1v) is 22.2. The summed E-state index contributed by atoms with van der Waals surface area (Å²) in [4.78, 5) is 50.4. The van der Waals surface area contributed by atoms with Crippen LogP contribution in [0.5, 0.6) is 11.5 Å². The van der Waals surface area contributed by atoms with Gasteiger partial charge in [0, 0.05) is 66.9 Å². The Balaban J connectivity index is 0.851. The van der Waals surface area contributed by atoms with Crippen LogP contribution in [0.1, 0.15) is 55.2 Å². The Morgan fingerprint density at radius 2 is 1.11 bits per heavy atom. The van der Waals surface area contributed by atoms with Crippen molar-refractivity contribution < 1.29 is 66.5 Å². The fourth-order valence-corrected chi connectivity index (χ4v) is 7.38. The van der Waals surface area contributed by atoms with Crippen LogP contribution in [0.4, 0.5) is 5.69 Å². The van der Waals surface area contributed by atoms with Gasteiger partial charge >= 0.3 is 23.9 Å². The molecule has 4 aromatic carbocycles. The van der Waals surface area contributed by atoms with Gasteiger partial charge in [0.25, 0.3) is 0 Å². The summed E-state index contributed by atoms with van der Waals surface area (Å²) in [7, 11) is 1.58. The third kappa shape index (κ3) is 14.8. The molecule has 0 bridgehead atoms. The maximum absolute atomic E-state index is 12.3. The number of fused-ring (bicyclic) bond motifs is 3. The van der Waals surface area contributed by atoms with Gasteiger partial charge in [-0.1, -0.05) is 66.7 Å². The van der Waals surface area contributed by atoms with E-state index in [2.05, 4.69) is 59.5 Å². The number of rotatable bonds is 27. The minimum Gasteiger partial charge on any atom is -0.490 e. The Bertz CT molecular complexity index is 2150. The zero-order valence-electron chi connectivity index (χ0n) is 37.0. The lowest BCUT2D eigenvalue weighted by molar-refractivity contribution is -0.152. The fraction of sp³-hybridized carbons (Fsp3) is 0.440. The number of unbranched alkanes of at least 4 members (excludes halogenated alkanes) is 1. The summed E-state index contributed by atoms with van der Waals surface area (Å²) >= 11 is 0. The van der Waals surface area contributed by atoms with Crippen molar-refractivity contribution in [1.29, 1.82) is 0 Å². The van der Waals surface area contributed by atoms with Crippen LogP contribution in [0.25, 0.3) is 16.8 Å². The average molecular weight is 898 g/mol. The summed E-state index contributed by atoms with van der Waals surface area (Å²) in [5, 5.41) is 2.31. The standard InChI is InChI=1S/C50H59NO14/c1-56-27-28-58-29-32-61-46(52)13-7-8-14-47(53)62-33-30-59-31-34-63-48(54)19-20-49(55)64-36-35-60-40-17-15-39(16-18-40)50(38-9-3-2-4-10-38)22-21-43-41-11-5-6-12-42(41)44(37-45(43)65-50)51-23-25-57-26-24-51/h2-6,9-12,15-18,21-22,37H,7-8,13-14,19-20,23-36H2,1H3. The second kappa shape index (κ2) is 26.1. The molecule has 0 radical (unpaired) electrons. The first kappa shape index (κ1) is 48.5. The quantitative estimate of drug-likeness (QED) is 0.0357. The van der Waals surface area contributed by atoms with Gasteiger partial charge in [-0.2, -0.15) is 0 Å². The normalized spacial score (nSPS) is 15.4. The van der Waals surface area contributed by atoms with Crippen LogP contribution in [-0.4, -0.2) is 123 Å². The van der Waals surface area contributed by atoms with Crippen LogP contribution < -0.4 is 14.4 Å². The Kier molecular flexibility index (Phi) is 19.4. The third-order valence-electron chi connectivity index (χ3n) is 10.7. The molecule has 0 spiro atoms. The number of ether oxygens (including phenoxy) is 10. The molecule has 348 valence electrons.